The lowest BCUT2D eigenvalue weighted by Crippen LogP contribution is -2.21. The van der Waals surface area contributed by atoms with E-state index in [1.54, 1.807) is 12.1 Å². The van der Waals surface area contributed by atoms with E-state index < -0.39 is 0 Å². The fourth-order valence-corrected chi connectivity index (χ4v) is 2.12. The van der Waals surface area contributed by atoms with Crippen LogP contribution in [-0.2, 0) is 4.79 Å². The van der Waals surface area contributed by atoms with E-state index in [2.05, 4.69) is 10.5 Å². The first-order valence-electron chi connectivity index (χ1n) is 6.24. The Labute approximate surface area is 124 Å². The van der Waals surface area contributed by atoms with Crippen LogP contribution in [0.5, 0.6) is 0 Å². The summed E-state index contributed by atoms with van der Waals surface area (Å²) in [5.74, 6) is 0.213. The lowest BCUT2D eigenvalue weighted by molar-refractivity contribution is -0.121. The minimum absolute atomic E-state index is 0.0916. The normalized spacial score (nSPS) is 11.8. The molecule has 1 rings (SSSR count). The van der Waals surface area contributed by atoms with Gasteiger partial charge in [-0.3, -0.25) is 4.79 Å². The van der Waals surface area contributed by atoms with Gasteiger partial charge in [-0.1, -0.05) is 50.0 Å². The average molecular weight is 301 g/mol. The van der Waals surface area contributed by atoms with Gasteiger partial charge >= 0.3 is 0 Å². The molecule has 0 spiro atoms. The number of benzene rings is 1. The highest BCUT2D eigenvalue weighted by atomic mass is 35.5. The minimum Gasteiger partial charge on any atom is -0.273 e. The van der Waals surface area contributed by atoms with E-state index in [4.69, 9.17) is 23.2 Å². The van der Waals surface area contributed by atoms with Crippen molar-refractivity contribution in [3.05, 3.63) is 33.8 Å². The summed E-state index contributed by atoms with van der Waals surface area (Å²) in [6.07, 6.45) is 1.12. The van der Waals surface area contributed by atoms with Crippen molar-refractivity contribution < 1.29 is 4.79 Å². The first-order valence-corrected chi connectivity index (χ1v) is 7.00. The van der Waals surface area contributed by atoms with Gasteiger partial charge < -0.3 is 0 Å². The highest BCUT2D eigenvalue weighted by Gasteiger charge is 2.09. The van der Waals surface area contributed by atoms with Gasteiger partial charge in [0.05, 0.1) is 10.7 Å². The smallest absolute Gasteiger partial charge is 0.240 e. The van der Waals surface area contributed by atoms with Crippen LogP contribution in [0.2, 0.25) is 10.0 Å². The summed E-state index contributed by atoms with van der Waals surface area (Å²) >= 11 is 12.0. The molecule has 1 aromatic rings. The Bertz CT molecular complexity index is 484. The van der Waals surface area contributed by atoms with Gasteiger partial charge in [0, 0.05) is 17.0 Å². The van der Waals surface area contributed by atoms with E-state index in [9.17, 15) is 4.79 Å². The first-order chi connectivity index (χ1) is 8.93. The van der Waals surface area contributed by atoms with Gasteiger partial charge in [0.25, 0.3) is 0 Å². The van der Waals surface area contributed by atoms with Crippen molar-refractivity contribution in [2.45, 2.75) is 33.6 Å². The SMILES string of the molecule is CC/C(=N\NC(=O)CC(C)C)c1ccc(Cl)cc1Cl. The summed E-state index contributed by atoms with van der Waals surface area (Å²) in [4.78, 5) is 11.6. The Morgan fingerprint density at radius 1 is 1.37 bits per heavy atom. The lowest BCUT2D eigenvalue weighted by Gasteiger charge is -2.08. The summed E-state index contributed by atoms with van der Waals surface area (Å²) < 4.78 is 0. The van der Waals surface area contributed by atoms with Gasteiger partial charge in [0.15, 0.2) is 0 Å². The molecule has 1 amide bonds. The van der Waals surface area contributed by atoms with Crippen LogP contribution in [0.4, 0.5) is 0 Å². The van der Waals surface area contributed by atoms with Crippen molar-refractivity contribution in [3.8, 4) is 0 Å². The van der Waals surface area contributed by atoms with Crippen LogP contribution < -0.4 is 5.43 Å². The second-order valence-corrected chi connectivity index (χ2v) is 5.51. The fraction of sp³-hybridized carbons (Fsp3) is 0.429. The number of carbonyl (C=O) groups is 1. The third-order valence-corrected chi connectivity index (χ3v) is 3.03. The second kappa shape index (κ2) is 7.51. The molecule has 0 atom stereocenters. The predicted octanol–water partition coefficient (Wildman–Crippen LogP) is 4.27. The predicted molar refractivity (Wildman–Crippen MR) is 80.9 cm³/mol. The zero-order chi connectivity index (χ0) is 14.4. The maximum Gasteiger partial charge on any atom is 0.240 e. The van der Waals surface area contributed by atoms with Crippen LogP contribution in [0.15, 0.2) is 23.3 Å². The molecule has 0 unspecified atom stereocenters. The number of rotatable bonds is 5. The molecule has 104 valence electrons. The van der Waals surface area contributed by atoms with Crippen LogP contribution in [0.3, 0.4) is 0 Å². The number of hydrazone groups is 1. The zero-order valence-corrected chi connectivity index (χ0v) is 12.8. The van der Waals surface area contributed by atoms with Crippen molar-refractivity contribution in [3.63, 3.8) is 0 Å². The molecule has 19 heavy (non-hydrogen) atoms. The molecule has 3 nitrogen and oxygen atoms in total. The highest BCUT2D eigenvalue weighted by molar-refractivity contribution is 6.37. The molecule has 1 aromatic carbocycles. The van der Waals surface area contributed by atoms with Gasteiger partial charge in [-0.2, -0.15) is 5.10 Å². The molecule has 0 radical (unpaired) electrons. The summed E-state index contributed by atoms with van der Waals surface area (Å²) in [6, 6.07) is 5.23. The summed E-state index contributed by atoms with van der Waals surface area (Å²) in [7, 11) is 0. The molecule has 0 aliphatic carbocycles. The topological polar surface area (TPSA) is 41.5 Å². The summed E-state index contributed by atoms with van der Waals surface area (Å²) in [5.41, 5.74) is 4.09. The van der Waals surface area contributed by atoms with Crippen molar-refractivity contribution in [2.75, 3.05) is 0 Å². The molecule has 0 aliphatic rings. The van der Waals surface area contributed by atoms with Crippen molar-refractivity contribution in [1.82, 2.24) is 5.43 Å². The van der Waals surface area contributed by atoms with E-state index >= 15 is 0 Å². The molecule has 0 aromatic heterocycles. The minimum atomic E-state index is -0.0916. The lowest BCUT2D eigenvalue weighted by atomic mass is 10.1. The van der Waals surface area contributed by atoms with E-state index in [1.165, 1.54) is 0 Å². The number of carbonyl (C=O) groups excluding carboxylic acids is 1. The molecule has 0 saturated heterocycles. The number of amides is 1. The number of hydrogen-bond donors (Lipinski definition) is 1. The highest BCUT2D eigenvalue weighted by Crippen LogP contribution is 2.22. The number of halogens is 2. The van der Waals surface area contributed by atoms with Crippen LogP contribution >= 0.6 is 23.2 Å². The Hall–Kier alpha value is -1.06. The van der Waals surface area contributed by atoms with Gasteiger partial charge in [-0.15, -0.1) is 0 Å². The van der Waals surface area contributed by atoms with Crippen LogP contribution in [0.25, 0.3) is 0 Å². The molecular formula is C14H18Cl2N2O. The fourth-order valence-electron chi connectivity index (χ4n) is 1.60. The summed E-state index contributed by atoms with van der Waals surface area (Å²) in [6.45, 7) is 5.93. The van der Waals surface area contributed by atoms with Gasteiger partial charge in [0.2, 0.25) is 5.91 Å². The molecule has 5 heteroatoms. The standard InChI is InChI=1S/C14H18Cl2N2O/c1-4-13(17-18-14(19)7-9(2)3)11-6-5-10(15)8-12(11)16/h5-6,8-9H,4,7H2,1-3H3,(H,18,19)/b17-13+. The molecule has 1 N–H and O–H groups in total. The van der Waals surface area contributed by atoms with E-state index in [0.29, 0.717) is 28.8 Å². The van der Waals surface area contributed by atoms with E-state index in [-0.39, 0.29) is 5.91 Å². The van der Waals surface area contributed by atoms with Crippen LogP contribution in [-0.4, -0.2) is 11.6 Å². The Morgan fingerprint density at radius 2 is 2.05 bits per heavy atom. The third kappa shape index (κ3) is 5.21. The first kappa shape index (κ1) is 16.0. The van der Waals surface area contributed by atoms with Crippen LogP contribution in [0, 0.1) is 5.92 Å². The van der Waals surface area contributed by atoms with E-state index in [0.717, 1.165) is 11.3 Å². The van der Waals surface area contributed by atoms with Crippen molar-refractivity contribution in [1.29, 1.82) is 0 Å². The number of nitrogens with one attached hydrogen (secondary N) is 1. The second-order valence-electron chi connectivity index (χ2n) is 4.67. The zero-order valence-electron chi connectivity index (χ0n) is 11.3. The Kier molecular flexibility index (Phi) is 6.32. The average Bonchev–Trinajstić information content (AvgIpc) is 2.31. The van der Waals surface area contributed by atoms with Crippen molar-refractivity contribution in [2.24, 2.45) is 11.0 Å². The maximum absolute atomic E-state index is 11.6. The van der Waals surface area contributed by atoms with E-state index in [1.807, 2.05) is 26.8 Å². The quantitative estimate of drug-likeness (QED) is 0.640. The number of nitrogens with zero attached hydrogens (tertiary/aromatic N) is 1. The Morgan fingerprint density at radius 3 is 2.58 bits per heavy atom. The Balaban J connectivity index is 2.85. The van der Waals surface area contributed by atoms with Crippen LogP contribution in [0.1, 0.15) is 39.2 Å². The number of hydrogen-bond acceptors (Lipinski definition) is 2. The van der Waals surface area contributed by atoms with Crippen molar-refractivity contribution >= 4 is 34.8 Å². The van der Waals surface area contributed by atoms with Gasteiger partial charge in [0.1, 0.15) is 0 Å². The summed E-state index contributed by atoms with van der Waals surface area (Å²) in [5, 5.41) is 5.26. The van der Waals surface area contributed by atoms with Gasteiger partial charge in [-0.05, 0) is 24.5 Å². The third-order valence-electron chi connectivity index (χ3n) is 2.49. The van der Waals surface area contributed by atoms with Gasteiger partial charge in [-0.25, -0.2) is 5.43 Å². The molecular weight excluding hydrogens is 283 g/mol. The molecule has 0 heterocycles. The monoisotopic (exact) mass is 300 g/mol. The molecule has 0 aliphatic heterocycles. The molecule has 0 saturated carbocycles. The molecule has 0 bridgehead atoms. The molecule has 0 fully saturated rings. The maximum atomic E-state index is 11.6. The largest absolute Gasteiger partial charge is 0.273 e.